The van der Waals surface area contributed by atoms with Crippen LogP contribution >= 0.6 is 0 Å². The molecule has 3 rings (SSSR count). The van der Waals surface area contributed by atoms with Gasteiger partial charge in [-0.3, -0.25) is 9.59 Å². The van der Waals surface area contributed by atoms with Crippen molar-refractivity contribution in [1.29, 1.82) is 0 Å². The van der Waals surface area contributed by atoms with Crippen molar-refractivity contribution in [3.63, 3.8) is 0 Å². The lowest BCUT2D eigenvalue weighted by Gasteiger charge is -2.18. The van der Waals surface area contributed by atoms with E-state index in [2.05, 4.69) is 15.8 Å². The van der Waals surface area contributed by atoms with Gasteiger partial charge in [-0.1, -0.05) is 0 Å². The fraction of sp³-hybridized carbons (Fsp3) is 0.167. The van der Waals surface area contributed by atoms with Gasteiger partial charge in [0.05, 0.1) is 18.5 Å². The molecule has 0 saturated heterocycles. The quantitative estimate of drug-likeness (QED) is 0.660. The molecule has 128 valence electrons. The molecule has 1 aliphatic heterocycles. The summed E-state index contributed by atoms with van der Waals surface area (Å²) in [5.74, 6) is 0.761. The molecule has 0 saturated carbocycles. The number of amides is 2. The first-order valence-electron chi connectivity index (χ1n) is 7.62. The van der Waals surface area contributed by atoms with Crippen molar-refractivity contribution < 1.29 is 19.1 Å². The Bertz CT molecular complexity index is 844. The van der Waals surface area contributed by atoms with E-state index in [9.17, 15) is 9.59 Å². The molecule has 7 nitrogen and oxygen atoms in total. The van der Waals surface area contributed by atoms with Crippen LogP contribution in [0, 0.1) is 0 Å². The SMILES string of the molecule is COc1ccc(C(=O)N/N=C(/C)c2ccc3c(c2)NC(=O)CO3)cc1. The Kier molecular flexibility index (Phi) is 4.65. The van der Waals surface area contributed by atoms with Gasteiger partial charge in [-0.05, 0) is 55.0 Å². The summed E-state index contributed by atoms with van der Waals surface area (Å²) in [6.07, 6.45) is 0. The molecule has 0 radical (unpaired) electrons. The minimum atomic E-state index is -0.323. The number of hydrazone groups is 1. The molecule has 0 bridgehead atoms. The van der Waals surface area contributed by atoms with E-state index in [1.165, 1.54) is 0 Å². The van der Waals surface area contributed by atoms with Crippen LogP contribution in [-0.2, 0) is 4.79 Å². The Morgan fingerprint density at radius 2 is 1.92 bits per heavy atom. The number of ether oxygens (including phenoxy) is 2. The average Bonchev–Trinajstić information content (AvgIpc) is 2.65. The highest BCUT2D eigenvalue weighted by Crippen LogP contribution is 2.28. The molecule has 0 unspecified atom stereocenters. The second kappa shape index (κ2) is 7.04. The number of nitrogens with zero attached hydrogens (tertiary/aromatic N) is 1. The zero-order chi connectivity index (χ0) is 17.8. The highest BCUT2D eigenvalue weighted by Gasteiger charge is 2.16. The van der Waals surface area contributed by atoms with Gasteiger partial charge < -0.3 is 14.8 Å². The van der Waals surface area contributed by atoms with E-state index >= 15 is 0 Å². The standard InChI is InChI=1S/C18H17N3O4/c1-11(13-5-8-16-15(9-13)19-17(22)10-25-16)20-21-18(23)12-3-6-14(24-2)7-4-12/h3-9H,10H2,1-2H3,(H,19,22)(H,21,23)/b20-11-. The third-order valence-electron chi connectivity index (χ3n) is 3.71. The van der Waals surface area contributed by atoms with Crippen molar-refractivity contribution in [2.75, 3.05) is 19.0 Å². The molecular weight excluding hydrogens is 322 g/mol. The van der Waals surface area contributed by atoms with Gasteiger partial charge in [0.15, 0.2) is 6.61 Å². The summed E-state index contributed by atoms with van der Waals surface area (Å²) < 4.78 is 10.4. The van der Waals surface area contributed by atoms with Gasteiger partial charge in [0.2, 0.25) is 0 Å². The maximum absolute atomic E-state index is 12.1. The summed E-state index contributed by atoms with van der Waals surface area (Å²) in [7, 11) is 1.56. The first kappa shape index (κ1) is 16.5. The van der Waals surface area contributed by atoms with Crippen molar-refractivity contribution in [1.82, 2.24) is 5.43 Å². The predicted molar refractivity (Wildman–Crippen MR) is 93.2 cm³/mol. The second-order valence-electron chi connectivity index (χ2n) is 5.41. The Labute approximate surface area is 144 Å². The number of nitrogens with one attached hydrogen (secondary N) is 2. The maximum Gasteiger partial charge on any atom is 0.271 e. The number of benzene rings is 2. The molecule has 2 N–H and O–H groups in total. The summed E-state index contributed by atoms with van der Waals surface area (Å²) in [5.41, 5.74) is 4.94. The third-order valence-corrected chi connectivity index (χ3v) is 3.71. The highest BCUT2D eigenvalue weighted by atomic mass is 16.5. The van der Waals surface area contributed by atoms with Crippen molar-refractivity contribution in [2.45, 2.75) is 6.92 Å². The van der Waals surface area contributed by atoms with Crippen LogP contribution in [0.4, 0.5) is 5.69 Å². The molecule has 25 heavy (non-hydrogen) atoms. The van der Waals surface area contributed by atoms with Crippen LogP contribution in [0.15, 0.2) is 47.6 Å². The molecule has 0 atom stereocenters. The number of carbonyl (C=O) groups is 2. The summed E-state index contributed by atoms with van der Waals surface area (Å²) in [6, 6.07) is 12.1. The largest absolute Gasteiger partial charge is 0.497 e. The first-order chi connectivity index (χ1) is 12.1. The number of carbonyl (C=O) groups excluding carboxylic acids is 2. The second-order valence-corrected chi connectivity index (χ2v) is 5.41. The van der Waals surface area contributed by atoms with Gasteiger partial charge in [-0.25, -0.2) is 5.43 Å². The summed E-state index contributed by atoms with van der Waals surface area (Å²) >= 11 is 0. The van der Waals surface area contributed by atoms with Crippen LogP contribution in [0.3, 0.4) is 0 Å². The molecule has 2 amide bonds. The highest BCUT2D eigenvalue weighted by molar-refractivity contribution is 6.03. The van der Waals surface area contributed by atoms with Gasteiger partial charge in [-0.15, -0.1) is 0 Å². The minimum Gasteiger partial charge on any atom is -0.497 e. The normalized spacial score (nSPS) is 13.4. The van der Waals surface area contributed by atoms with Gasteiger partial charge in [0.1, 0.15) is 11.5 Å². The number of rotatable bonds is 4. The summed E-state index contributed by atoms with van der Waals surface area (Å²) in [5, 5.41) is 6.85. The molecule has 2 aromatic carbocycles. The summed E-state index contributed by atoms with van der Waals surface area (Å²) in [4.78, 5) is 23.5. The number of anilines is 1. The van der Waals surface area contributed by atoms with Gasteiger partial charge in [0, 0.05) is 5.56 Å². The average molecular weight is 339 g/mol. The molecule has 1 heterocycles. The molecule has 1 aliphatic rings. The zero-order valence-corrected chi connectivity index (χ0v) is 13.8. The molecule has 0 aliphatic carbocycles. The van der Waals surface area contributed by atoms with Crippen molar-refractivity contribution in [3.8, 4) is 11.5 Å². The van der Waals surface area contributed by atoms with Crippen molar-refractivity contribution in [2.24, 2.45) is 5.10 Å². The van der Waals surface area contributed by atoms with E-state index < -0.39 is 0 Å². The Morgan fingerprint density at radius 1 is 1.20 bits per heavy atom. The number of hydrogen-bond donors (Lipinski definition) is 2. The van der Waals surface area contributed by atoms with Gasteiger partial charge in [-0.2, -0.15) is 5.10 Å². The van der Waals surface area contributed by atoms with Crippen LogP contribution in [0.2, 0.25) is 0 Å². The zero-order valence-electron chi connectivity index (χ0n) is 13.8. The molecule has 7 heteroatoms. The minimum absolute atomic E-state index is 0.0112. The van der Waals surface area contributed by atoms with E-state index in [0.717, 1.165) is 5.56 Å². The number of hydrogen-bond acceptors (Lipinski definition) is 5. The number of methoxy groups -OCH3 is 1. The Hall–Kier alpha value is -3.35. The summed E-state index contributed by atoms with van der Waals surface area (Å²) in [6.45, 7) is 1.78. The topological polar surface area (TPSA) is 89.0 Å². The maximum atomic E-state index is 12.1. The predicted octanol–water partition coefficient (Wildman–Crippen LogP) is 2.18. The van der Waals surface area contributed by atoms with E-state index in [4.69, 9.17) is 9.47 Å². The van der Waals surface area contributed by atoms with E-state index in [0.29, 0.717) is 28.5 Å². The lowest BCUT2D eigenvalue weighted by molar-refractivity contribution is -0.118. The van der Waals surface area contributed by atoms with Crippen molar-refractivity contribution in [3.05, 3.63) is 53.6 Å². The van der Waals surface area contributed by atoms with Gasteiger partial charge >= 0.3 is 0 Å². The van der Waals surface area contributed by atoms with Crippen LogP contribution in [-0.4, -0.2) is 31.2 Å². The Morgan fingerprint density at radius 3 is 2.64 bits per heavy atom. The first-order valence-corrected chi connectivity index (χ1v) is 7.62. The Balaban J connectivity index is 1.71. The van der Waals surface area contributed by atoms with E-state index in [1.807, 2.05) is 6.07 Å². The fourth-order valence-electron chi connectivity index (χ4n) is 2.31. The fourth-order valence-corrected chi connectivity index (χ4v) is 2.31. The van der Waals surface area contributed by atoms with Crippen LogP contribution < -0.4 is 20.2 Å². The lowest BCUT2D eigenvalue weighted by Crippen LogP contribution is -2.25. The van der Waals surface area contributed by atoms with Crippen LogP contribution in [0.1, 0.15) is 22.8 Å². The molecule has 2 aromatic rings. The van der Waals surface area contributed by atoms with Gasteiger partial charge in [0.25, 0.3) is 11.8 Å². The molecule has 0 fully saturated rings. The van der Waals surface area contributed by atoms with Crippen molar-refractivity contribution >= 4 is 23.2 Å². The number of fused-ring (bicyclic) bond motifs is 1. The molecular formula is C18H17N3O4. The van der Waals surface area contributed by atoms with E-state index in [-0.39, 0.29) is 18.4 Å². The smallest absolute Gasteiger partial charge is 0.271 e. The third kappa shape index (κ3) is 3.77. The van der Waals surface area contributed by atoms with Crippen LogP contribution in [0.5, 0.6) is 11.5 Å². The monoisotopic (exact) mass is 339 g/mol. The lowest BCUT2D eigenvalue weighted by atomic mass is 10.1. The van der Waals surface area contributed by atoms with Crippen LogP contribution in [0.25, 0.3) is 0 Å². The van der Waals surface area contributed by atoms with E-state index in [1.54, 1.807) is 50.4 Å². The molecule has 0 aromatic heterocycles. The molecule has 0 spiro atoms.